The number of rotatable bonds is 3. The maximum Gasteiger partial charge on any atom is 0.156 e. The Morgan fingerprint density at radius 2 is 1.71 bits per heavy atom. The Morgan fingerprint density at radius 3 is 1.93 bits per heavy atom. The first kappa shape index (κ1) is 13.8. The van der Waals surface area contributed by atoms with Crippen molar-refractivity contribution in [1.82, 2.24) is 0 Å². The summed E-state index contributed by atoms with van der Waals surface area (Å²) in [6, 6.07) is 0. The second-order valence-electron chi connectivity index (χ2n) is 4.27. The van der Waals surface area contributed by atoms with Crippen LogP contribution in [0.3, 0.4) is 0 Å². The molecular formula is C10H22O4. The van der Waals surface area contributed by atoms with E-state index in [1.165, 1.54) is 20.3 Å². The third-order valence-electron chi connectivity index (χ3n) is 2.12. The van der Waals surface area contributed by atoms with Gasteiger partial charge in [0.05, 0.1) is 6.10 Å². The van der Waals surface area contributed by atoms with Gasteiger partial charge < -0.3 is 20.4 Å². The fraction of sp³-hybridized carbons (Fsp3) is 1.00. The zero-order chi connectivity index (χ0) is 11.2. The van der Waals surface area contributed by atoms with E-state index < -0.39 is 5.79 Å². The van der Waals surface area contributed by atoms with Crippen molar-refractivity contribution in [1.29, 1.82) is 0 Å². The molecule has 0 heterocycles. The van der Waals surface area contributed by atoms with E-state index in [1.54, 1.807) is 0 Å². The van der Waals surface area contributed by atoms with Crippen LogP contribution >= 0.6 is 0 Å². The van der Waals surface area contributed by atoms with Crippen LogP contribution in [0.1, 0.15) is 39.5 Å². The largest absolute Gasteiger partial charge is 0.396 e. The van der Waals surface area contributed by atoms with Gasteiger partial charge in [-0.15, -0.1) is 0 Å². The van der Waals surface area contributed by atoms with Crippen LogP contribution in [0.5, 0.6) is 0 Å². The lowest BCUT2D eigenvalue weighted by molar-refractivity contribution is -0.127. The molecule has 4 N–H and O–H groups in total. The molecule has 14 heavy (non-hydrogen) atoms. The molecular weight excluding hydrogens is 184 g/mol. The lowest BCUT2D eigenvalue weighted by atomic mass is 9.80. The quantitative estimate of drug-likeness (QED) is 0.499. The highest BCUT2D eigenvalue weighted by Gasteiger charge is 2.24. The number of aliphatic hydroxyl groups is 4. The molecule has 1 aliphatic rings. The van der Waals surface area contributed by atoms with E-state index in [0.29, 0.717) is 12.3 Å². The molecule has 0 radical (unpaired) electrons. The second-order valence-corrected chi connectivity index (χ2v) is 4.27. The third kappa shape index (κ3) is 8.44. The normalized spacial score (nSPS) is 19.3. The summed E-state index contributed by atoms with van der Waals surface area (Å²) in [5, 5.41) is 33.8. The second kappa shape index (κ2) is 6.35. The van der Waals surface area contributed by atoms with Gasteiger partial charge in [0, 0.05) is 6.61 Å². The van der Waals surface area contributed by atoms with E-state index in [1.807, 2.05) is 0 Å². The van der Waals surface area contributed by atoms with Gasteiger partial charge in [-0.3, -0.25) is 0 Å². The van der Waals surface area contributed by atoms with Crippen LogP contribution in [0.2, 0.25) is 0 Å². The first-order valence-corrected chi connectivity index (χ1v) is 5.08. The summed E-state index contributed by atoms with van der Waals surface area (Å²) in [6.45, 7) is 2.72. The first-order chi connectivity index (χ1) is 6.34. The van der Waals surface area contributed by atoms with Gasteiger partial charge in [0.25, 0.3) is 0 Å². The van der Waals surface area contributed by atoms with Gasteiger partial charge in [-0.05, 0) is 39.0 Å². The van der Waals surface area contributed by atoms with Gasteiger partial charge in [-0.2, -0.15) is 0 Å². The minimum Gasteiger partial charge on any atom is -0.396 e. The highest BCUT2D eigenvalue weighted by atomic mass is 16.5. The Labute approximate surface area is 85.2 Å². The Morgan fingerprint density at radius 1 is 1.29 bits per heavy atom. The molecule has 0 unspecified atom stereocenters. The average Bonchev–Trinajstić information content (AvgIpc) is 1.78. The Balaban J connectivity index is 0.000000292. The fourth-order valence-electron chi connectivity index (χ4n) is 1.19. The minimum atomic E-state index is -1.50. The predicted octanol–water partition coefficient (Wildman–Crippen LogP) is 0.237. The van der Waals surface area contributed by atoms with E-state index in [9.17, 15) is 5.11 Å². The number of hydrogen-bond acceptors (Lipinski definition) is 4. The molecule has 86 valence electrons. The van der Waals surface area contributed by atoms with Crippen molar-refractivity contribution >= 4 is 0 Å². The third-order valence-corrected chi connectivity index (χ3v) is 2.12. The zero-order valence-corrected chi connectivity index (χ0v) is 8.98. The van der Waals surface area contributed by atoms with E-state index in [4.69, 9.17) is 15.3 Å². The average molecular weight is 206 g/mol. The van der Waals surface area contributed by atoms with E-state index >= 15 is 0 Å². The van der Waals surface area contributed by atoms with Crippen molar-refractivity contribution in [2.24, 2.45) is 5.92 Å². The summed E-state index contributed by atoms with van der Waals surface area (Å²) < 4.78 is 0. The Bertz CT molecular complexity index is 132. The van der Waals surface area contributed by atoms with Crippen molar-refractivity contribution in [3.05, 3.63) is 0 Å². The van der Waals surface area contributed by atoms with Gasteiger partial charge in [-0.25, -0.2) is 0 Å². The summed E-state index contributed by atoms with van der Waals surface area (Å²) in [7, 11) is 0. The standard InChI is InChI=1S/C7H14O2.C3H8O2/c8-5-4-7(9)6-2-1-3-6;1-3(2,4)5/h6-9H,1-5H2;4-5H,1-2H3/t7-;/m1./s1. The van der Waals surface area contributed by atoms with Gasteiger partial charge in [0.15, 0.2) is 5.79 Å². The van der Waals surface area contributed by atoms with E-state index in [2.05, 4.69) is 0 Å². The highest BCUT2D eigenvalue weighted by molar-refractivity contribution is 4.76. The van der Waals surface area contributed by atoms with Crippen LogP contribution in [-0.2, 0) is 0 Å². The van der Waals surface area contributed by atoms with Crippen molar-refractivity contribution < 1.29 is 20.4 Å². The lowest BCUT2D eigenvalue weighted by Crippen LogP contribution is -2.27. The SMILES string of the molecule is CC(C)(O)O.OCC[C@@H](O)C1CCC1. The van der Waals surface area contributed by atoms with E-state index in [-0.39, 0.29) is 12.7 Å². The van der Waals surface area contributed by atoms with Gasteiger partial charge in [-0.1, -0.05) is 6.42 Å². The van der Waals surface area contributed by atoms with Crippen LogP contribution in [0.25, 0.3) is 0 Å². The molecule has 0 aromatic carbocycles. The molecule has 0 amide bonds. The molecule has 1 saturated carbocycles. The van der Waals surface area contributed by atoms with E-state index in [0.717, 1.165) is 12.8 Å². The molecule has 0 aromatic heterocycles. The van der Waals surface area contributed by atoms with Gasteiger partial charge in [0.1, 0.15) is 0 Å². The van der Waals surface area contributed by atoms with Crippen LogP contribution in [0.4, 0.5) is 0 Å². The van der Waals surface area contributed by atoms with Gasteiger partial charge in [0.2, 0.25) is 0 Å². The first-order valence-electron chi connectivity index (χ1n) is 5.08. The summed E-state index contributed by atoms with van der Waals surface area (Å²) in [5.74, 6) is -1.00. The topological polar surface area (TPSA) is 80.9 Å². The molecule has 0 aromatic rings. The van der Waals surface area contributed by atoms with Crippen molar-refractivity contribution in [2.75, 3.05) is 6.61 Å². The number of hydrogen-bond donors (Lipinski definition) is 4. The van der Waals surface area contributed by atoms with Crippen LogP contribution < -0.4 is 0 Å². The maximum absolute atomic E-state index is 9.21. The minimum absolute atomic E-state index is 0.123. The summed E-state index contributed by atoms with van der Waals surface area (Å²) in [6.07, 6.45) is 3.89. The van der Waals surface area contributed by atoms with Crippen molar-refractivity contribution in [3.63, 3.8) is 0 Å². The smallest absolute Gasteiger partial charge is 0.156 e. The number of aliphatic hydroxyl groups excluding tert-OH is 2. The molecule has 0 aliphatic heterocycles. The molecule has 0 spiro atoms. The van der Waals surface area contributed by atoms with Crippen LogP contribution in [0, 0.1) is 5.92 Å². The lowest BCUT2D eigenvalue weighted by Gasteiger charge is -2.29. The molecule has 1 fully saturated rings. The monoisotopic (exact) mass is 206 g/mol. The van der Waals surface area contributed by atoms with Crippen molar-refractivity contribution in [3.8, 4) is 0 Å². The summed E-state index contributed by atoms with van der Waals surface area (Å²) >= 11 is 0. The molecule has 1 atom stereocenters. The molecule has 4 heteroatoms. The predicted molar refractivity (Wildman–Crippen MR) is 53.6 cm³/mol. The molecule has 1 aliphatic carbocycles. The summed E-state index contributed by atoms with van der Waals surface area (Å²) in [4.78, 5) is 0. The van der Waals surface area contributed by atoms with Crippen molar-refractivity contribution in [2.45, 2.75) is 51.4 Å². The summed E-state index contributed by atoms with van der Waals surface area (Å²) in [5.41, 5.74) is 0. The zero-order valence-electron chi connectivity index (χ0n) is 8.98. The maximum atomic E-state index is 9.21. The Hall–Kier alpha value is -0.160. The Kier molecular flexibility index (Phi) is 6.27. The van der Waals surface area contributed by atoms with Crippen LogP contribution in [-0.4, -0.2) is 38.9 Å². The molecule has 0 bridgehead atoms. The van der Waals surface area contributed by atoms with Gasteiger partial charge >= 0.3 is 0 Å². The molecule has 4 nitrogen and oxygen atoms in total. The fourth-order valence-corrected chi connectivity index (χ4v) is 1.19. The highest BCUT2D eigenvalue weighted by Crippen LogP contribution is 2.30. The molecule has 1 rings (SSSR count). The van der Waals surface area contributed by atoms with Crippen LogP contribution in [0.15, 0.2) is 0 Å². The molecule has 0 saturated heterocycles.